The van der Waals surface area contributed by atoms with Crippen LogP contribution >= 0.6 is 12.0 Å². The quantitative estimate of drug-likeness (QED) is 0.441. The van der Waals surface area contributed by atoms with Crippen molar-refractivity contribution in [2.45, 2.75) is 11.9 Å². The second-order valence-corrected chi connectivity index (χ2v) is 2.92. The number of aryl methyl sites for hydroxylation is 1. The standard InChI is InChI=1S/C7H10N2O2S/c1-5-3-7(12-11-10-2)9-4-6(5)8/h3-4H,8H2,1-2H3. The Morgan fingerprint density at radius 3 is 2.92 bits per heavy atom. The van der Waals surface area contributed by atoms with E-state index >= 15 is 0 Å². The predicted octanol–water partition coefficient (Wildman–Crippen LogP) is 1.56. The van der Waals surface area contributed by atoms with E-state index in [-0.39, 0.29) is 0 Å². The third-order valence-corrected chi connectivity index (χ3v) is 1.91. The Hall–Kier alpha value is -0.780. The fraction of sp³-hybridized carbons (Fsp3) is 0.286. The molecular weight excluding hydrogens is 176 g/mol. The summed E-state index contributed by atoms with van der Waals surface area (Å²) >= 11 is 1.05. The van der Waals surface area contributed by atoms with Crippen LogP contribution in [0.2, 0.25) is 0 Å². The molecule has 0 unspecified atom stereocenters. The topological polar surface area (TPSA) is 57.4 Å². The lowest BCUT2D eigenvalue weighted by atomic mass is 10.3. The Kier molecular flexibility index (Phi) is 3.33. The summed E-state index contributed by atoms with van der Waals surface area (Å²) < 4.78 is 4.63. The molecule has 0 aliphatic rings. The molecule has 0 saturated carbocycles. The molecule has 0 fully saturated rings. The first-order valence-corrected chi connectivity index (χ1v) is 4.07. The average Bonchev–Trinajstić information content (AvgIpc) is 2.07. The van der Waals surface area contributed by atoms with Gasteiger partial charge in [0.2, 0.25) is 0 Å². The molecule has 2 N–H and O–H groups in total. The first kappa shape index (κ1) is 9.31. The minimum atomic E-state index is 0.678. The number of nitrogens with zero attached hydrogens (tertiary/aromatic N) is 1. The van der Waals surface area contributed by atoms with E-state index in [1.54, 1.807) is 6.20 Å². The van der Waals surface area contributed by atoms with Crippen molar-refractivity contribution in [3.63, 3.8) is 0 Å². The van der Waals surface area contributed by atoms with E-state index in [4.69, 9.17) is 5.73 Å². The second-order valence-electron chi connectivity index (χ2n) is 2.20. The van der Waals surface area contributed by atoms with Crippen molar-refractivity contribution in [2.75, 3.05) is 12.8 Å². The number of pyridine rings is 1. The number of hydrogen-bond donors (Lipinski definition) is 1. The minimum Gasteiger partial charge on any atom is -0.397 e. The lowest BCUT2D eigenvalue weighted by molar-refractivity contribution is -0.160. The van der Waals surface area contributed by atoms with Gasteiger partial charge in [-0.1, -0.05) is 0 Å². The van der Waals surface area contributed by atoms with Gasteiger partial charge in [0.1, 0.15) is 5.03 Å². The molecule has 0 spiro atoms. The maximum Gasteiger partial charge on any atom is 0.127 e. The highest BCUT2D eigenvalue weighted by Crippen LogP contribution is 2.19. The van der Waals surface area contributed by atoms with Gasteiger partial charge in [-0.3, -0.25) is 0 Å². The monoisotopic (exact) mass is 186 g/mol. The number of aromatic nitrogens is 1. The fourth-order valence-corrected chi connectivity index (χ4v) is 1.11. The van der Waals surface area contributed by atoms with Crippen molar-refractivity contribution >= 4 is 17.7 Å². The summed E-state index contributed by atoms with van der Waals surface area (Å²) in [5, 5.41) is 0.726. The van der Waals surface area contributed by atoms with Gasteiger partial charge in [-0.15, -0.1) is 0 Å². The number of rotatable bonds is 3. The van der Waals surface area contributed by atoms with Gasteiger partial charge in [-0.2, -0.15) is 4.33 Å². The van der Waals surface area contributed by atoms with Gasteiger partial charge in [0.05, 0.1) is 31.0 Å². The highest BCUT2D eigenvalue weighted by molar-refractivity contribution is 7.94. The van der Waals surface area contributed by atoms with Crippen molar-refractivity contribution in [1.29, 1.82) is 0 Å². The van der Waals surface area contributed by atoms with E-state index in [2.05, 4.69) is 14.2 Å². The van der Waals surface area contributed by atoms with Crippen molar-refractivity contribution < 1.29 is 9.22 Å². The zero-order valence-electron chi connectivity index (χ0n) is 6.90. The fourth-order valence-electron chi connectivity index (χ4n) is 0.655. The number of anilines is 1. The maximum atomic E-state index is 5.57. The number of nitrogens with two attached hydrogens (primary N) is 1. The molecule has 4 nitrogen and oxygen atoms in total. The van der Waals surface area contributed by atoms with Crippen LogP contribution in [0.3, 0.4) is 0 Å². The van der Waals surface area contributed by atoms with Crippen LogP contribution in [0.15, 0.2) is 17.3 Å². The van der Waals surface area contributed by atoms with Crippen LogP contribution in [-0.4, -0.2) is 12.1 Å². The van der Waals surface area contributed by atoms with Gasteiger partial charge in [0.15, 0.2) is 0 Å². The molecule has 0 bridgehead atoms. The molecule has 66 valence electrons. The van der Waals surface area contributed by atoms with E-state index in [1.807, 2.05) is 13.0 Å². The van der Waals surface area contributed by atoms with Gasteiger partial charge in [-0.25, -0.2) is 9.87 Å². The second kappa shape index (κ2) is 4.30. The largest absolute Gasteiger partial charge is 0.397 e. The van der Waals surface area contributed by atoms with Crippen LogP contribution in [0.5, 0.6) is 0 Å². The Morgan fingerprint density at radius 1 is 1.58 bits per heavy atom. The summed E-state index contributed by atoms with van der Waals surface area (Å²) in [6, 6.07) is 1.83. The smallest absolute Gasteiger partial charge is 0.127 e. The van der Waals surface area contributed by atoms with E-state index in [0.29, 0.717) is 5.69 Å². The van der Waals surface area contributed by atoms with E-state index in [0.717, 1.165) is 22.6 Å². The Balaban J connectivity index is 2.69. The summed E-state index contributed by atoms with van der Waals surface area (Å²) in [6.07, 6.45) is 1.59. The molecule has 1 aromatic rings. The average molecular weight is 186 g/mol. The molecule has 5 heteroatoms. The molecule has 12 heavy (non-hydrogen) atoms. The first-order valence-electron chi connectivity index (χ1n) is 3.33. The van der Waals surface area contributed by atoms with E-state index in [1.165, 1.54) is 7.11 Å². The van der Waals surface area contributed by atoms with E-state index in [9.17, 15) is 0 Å². The first-order chi connectivity index (χ1) is 5.74. The van der Waals surface area contributed by atoms with Gasteiger partial charge >= 0.3 is 0 Å². The highest BCUT2D eigenvalue weighted by Gasteiger charge is 1.99. The van der Waals surface area contributed by atoms with Gasteiger partial charge < -0.3 is 5.73 Å². The van der Waals surface area contributed by atoms with Crippen molar-refractivity contribution in [3.05, 3.63) is 17.8 Å². The molecule has 0 aliphatic heterocycles. The SMILES string of the molecule is COOSc1cc(C)c(N)cn1. The van der Waals surface area contributed by atoms with Crippen LogP contribution in [-0.2, 0) is 9.22 Å². The van der Waals surface area contributed by atoms with E-state index < -0.39 is 0 Å². The van der Waals surface area contributed by atoms with Gasteiger partial charge in [0.25, 0.3) is 0 Å². The number of hydrogen-bond acceptors (Lipinski definition) is 5. The molecule has 0 aliphatic carbocycles. The van der Waals surface area contributed by atoms with Crippen molar-refractivity contribution in [3.8, 4) is 0 Å². The van der Waals surface area contributed by atoms with Crippen LogP contribution in [0.1, 0.15) is 5.56 Å². The molecule has 0 atom stereocenters. The van der Waals surface area contributed by atoms with Crippen LogP contribution in [0, 0.1) is 6.92 Å². The zero-order chi connectivity index (χ0) is 8.97. The number of nitrogen functional groups attached to an aromatic ring is 1. The van der Waals surface area contributed by atoms with Crippen molar-refractivity contribution in [1.82, 2.24) is 4.98 Å². The van der Waals surface area contributed by atoms with Crippen LogP contribution < -0.4 is 5.73 Å². The predicted molar refractivity (Wildman–Crippen MR) is 47.3 cm³/mol. The van der Waals surface area contributed by atoms with Crippen molar-refractivity contribution in [2.24, 2.45) is 0 Å². The molecule has 0 radical (unpaired) electrons. The Labute approximate surface area is 75.2 Å². The zero-order valence-corrected chi connectivity index (χ0v) is 7.72. The molecule has 1 heterocycles. The molecule has 0 aromatic carbocycles. The lowest BCUT2D eigenvalue weighted by Crippen LogP contribution is -1.92. The summed E-state index contributed by atoms with van der Waals surface area (Å²) in [6.45, 7) is 1.91. The molecular formula is C7H10N2O2S. The summed E-state index contributed by atoms with van der Waals surface area (Å²) in [5.41, 5.74) is 7.23. The third kappa shape index (κ3) is 2.37. The summed E-state index contributed by atoms with van der Waals surface area (Å²) in [4.78, 5) is 8.42. The summed E-state index contributed by atoms with van der Waals surface area (Å²) in [7, 11) is 1.44. The molecule has 1 rings (SSSR count). The van der Waals surface area contributed by atoms with Gasteiger partial charge in [-0.05, 0) is 18.6 Å². The lowest BCUT2D eigenvalue weighted by Gasteiger charge is -2.01. The minimum absolute atomic E-state index is 0.678. The molecule has 0 amide bonds. The van der Waals surface area contributed by atoms with Crippen LogP contribution in [0.4, 0.5) is 5.69 Å². The van der Waals surface area contributed by atoms with Gasteiger partial charge in [0, 0.05) is 0 Å². The maximum absolute atomic E-state index is 5.57. The molecule has 1 aromatic heterocycles. The highest BCUT2D eigenvalue weighted by atomic mass is 32.2. The summed E-state index contributed by atoms with van der Waals surface area (Å²) in [5.74, 6) is 0. The Morgan fingerprint density at radius 2 is 2.33 bits per heavy atom. The third-order valence-electron chi connectivity index (χ3n) is 1.31. The van der Waals surface area contributed by atoms with Crippen LogP contribution in [0.25, 0.3) is 0 Å². The Bertz CT molecular complexity index is 268. The normalized spacial score (nSPS) is 10.2. The molecule has 0 saturated heterocycles.